The highest BCUT2D eigenvalue weighted by Gasteiger charge is 2.32. The lowest BCUT2D eigenvalue weighted by atomic mass is 10.1. The molecule has 1 N–H and O–H groups in total. The summed E-state index contributed by atoms with van der Waals surface area (Å²) < 4.78 is 52.0. The van der Waals surface area contributed by atoms with E-state index < -0.39 is 17.6 Å². The largest absolute Gasteiger partial charge is 0.416 e. The number of nitrogens with one attached hydrogen (secondary N) is 1. The summed E-state index contributed by atoms with van der Waals surface area (Å²) in [5.41, 5.74) is -0.177. The third-order valence-corrected chi connectivity index (χ3v) is 3.59. The van der Waals surface area contributed by atoms with Gasteiger partial charge in [0.05, 0.1) is 5.56 Å². The quantitative estimate of drug-likeness (QED) is 0.784. The van der Waals surface area contributed by atoms with E-state index in [0.717, 1.165) is 6.07 Å². The van der Waals surface area contributed by atoms with Gasteiger partial charge >= 0.3 is 6.18 Å². The molecule has 0 aliphatic carbocycles. The van der Waals surface area contributed by atoms with Crippen molar-refractivity contribution in [3.05, 3.63) is 65.5 Å². The maximum atomic E-state index is 13.1. The normalized spacial score (nSPS) is 11.6. The second-order valence-electron chi connectivity index (χ2n) is 5.70. The highest BCUT2D eigenvalue weighted by atomic mass is 19.4. The molecule has 0 fully saturated rings. The molecule has 0 saturated heterocycles. The van der Waals surface area contributed by atoms with Crippen LogP contribution in [-0.2, 0) is 17.5 Å². The van der Waals surface area contributed by atoms with Crippen LogP contribution >= 0.6 is 0 Å². The van der Waals surface area contributed by atoms with E-state index in [-0.39, 0.29) is 31.0 Å². The minimum Gasteiger partial charge on any atom is -0.326 e. The molecule has 0 radical (unpaired) electrons. The molecule has 0 saturated carbocycles. The van der Waals surface area contributed by atoms with E-state index in [2.05, 4.69) is 5.32 Å². The lowest BCUT2D eigenvalue weighted by molar-refractivity contribution is -0.138. The zero-order valence-electron chi connectivity index (χ0n) is 13.6. The third kappa shape index (κ3) is 5.86. The van der Waals surface area contributed by atoms with Gasteiger partial charge in [-0.3, -0.25) is 4.79 Å². The minimum absolute atomic E-state index is 0.0723. The standard InChI is InChI=1S/C18H18F4N2O/c1-24(12-13-5-2-3-8-16(13)18(20,21)22)10-9-17(25)23-15-7-4-6-14(19)11-15/h2-8,11H,9-10,12H2,1H3,(H,23,25). The van der Waals surface area contributed by atoms with Crippen LogP contribution in [0.15, 0.2) is 48.5 Å². The molecule has 1 amide bonds. The molecule has 3 nitrogen and oxygen atoms in total. The van der Waals surface area contributed by atoms with Gasteiger partial charge in [0, 0.05) is 25.2 Å². The minimum atomic E-state index is -4.41. The molecule has 134 valence electrons. The molecule has 7 heteroatoms. The molecule has 2 aromatic rings. The first-order valence-corrected chi connectivity index (χ1v) is 7.65. The Morgan fingerprint density at radius 3 is 2.52 bits per heavy atom. The number of anilines is 1. The molecule has 0 aromatic heterocycles. The van der Waals surface area contributed by atoms with Gasteiger partial charge in [0.25, 0.3) is 0 Å². The molecule has 2 aromatic carbocycles. The summed E-state index contributed by atoms with van der Waals surface area (Å²) >= 11 is 0. The van der Waals surface area contributed by atoms with E-state index >= 15 is 0 Å². The third-order valence-electron chi connectivity index (χ3n) is 3.59. The van der Waals surface area contributed by atoms with Gasteiger partial charge in [0.2, 0.25) is 5.91 Å². The van der Waals surface area contributed by atoms with Crippen LogP contribution in [0.1, 0.15) is 17.5 Å². The molecular formula is C18H18F4N2O. The van der Waals surface area contributed by atoms with E-state index in [1.165, 1.54) is 30.3 Å². The number of alkyl halides is 3. The van der Waals surface area contributed by atoms with E-state index in [4.69, 9.17) is 0 Å². The molecule has 25 heavy (non-hydrogen) atoms. The van der Waals surface area contributed by atoms with Gasteiger partial charge < -0.3 is 10.2 Å². The number of hydrogen-bond acceptors (Lipinski definition) is 2. The molecule has 0 heterocycles. The van der Waals surface area contributed by atoms with Gasteiger partial charge in [-0.2, -0.15) is 13.2 Å². The van der Waals surface area contributed by atoms with Gasteiger partial charge in [-0.25, -0.2) is 4.39 Å². The first kappa shape index (κ1) is 18.9. The Morgan fingerprint density at radius 1 is 1.12 bits per heavy atom. The van der Waals surface area contributed by atoms with E-state index in [9.17, 15) is 22.4 Å². The molecule has 0 unspecified atom stereocenters. The monoisotopic (exact) mass is 354 g/mol. The number of benzene rings is 2. The lowest BCUT2D eigenvalue weighted by Gasteiger charge is -2.19. The number of carbonyl (C=O) groups is 1. The fourth-order valence-corrected chi connectivity index (χ4v) is 2.39. The van der Waals surface area contributed by atoms with Gasteiger partial charge in [0.1, 0.15) is 5.82 Å². The van der Waals surface area contributed by atoms with Crippen LogP contribution in [0.4, 0.5) is 23.2 Å². The Balaban J connectivity index is 1.89. The highest BCUT2D eigenvalue weighted by molar-refractivity contribution is 5.90. The summed E-state index contributed by atoms with van der Waals surface area (Å²) in [6.45, 7) is 0.344. The molecule has 0 bridgehead atoms. The highest BCUT2D eigenvalue weighted by Crippen LogP contribution is 2.32. The summed E-state index contributed by atoms with van der Waals surface area (Å²) in [7, 11) is 1.64. The van der Waals surface area contributed by atoms with E-state index in [1.807, 2.05) is 0 Å². The van der Waals surface area contributed by atoms with Crippen molar-refractivity contribution in [3.63, 3.8) is 0 Å². The van der Waals surface area contributed by atoms with Crippen LogP contribution in [0.2, 0.25) is 0 Å². The van der Waals surface area contributed by atoms with Crippen LogP contribution in [0.25, 0.3) is 0 Å². The summed E-state index contributed by atoms with van der Waals surface area (Å²) in [6.07, 6.45) is -4.33. The van der Waals surface area contributed by atoms with Crippen molar-refractivity contribution in [2.45, 2.75) is 19.1 Å². The predicted octanol–water partition coefficient (Wildman–Crippen LogP) is 4.31. The topological polar surface area (TPSA) is 32.3 Å². The van der Waals surface area contributed by atoms with Crippen LogP contribution in [0, 0.1) is 5.82 Å². The number of hydrogen-bond donors (Lipinski definition) is 1. The van der Waals surface area contributed by atoms with Crippen molar-refractivity contribution in [1.29, 1.82) is 0 Å². The molecule has 0 spiro atoms. The van der Waals surface area contributed by atoms with E-state index in [0.29, 0.717) is 5.69 Å². The number of rotatable bonds is 6. The van der Waals surface area contributed by atoms with Crippen molar-refractivity contribution < 1.29 is 22.4 Å². The fraction of sp³-hybridized carbons (Fsp3) is 0.278. The first-order chi connectivity index (χ1) is 11.8. The summed E-state index contributed by atoms with van der Waals surface area (Å²) in [6, 6.07) is 10.9. The van der Waals surface area contributed by atoms with E-state index in [1.54, 1.807) is 24.1 Å². The van der Waals surface area contributed by atoms with Gasteiger partial charge in [-0.15, -0.1) is 0 Å². The summed E-state index contributed by atoms with van der Waals surface area (Å²) in [5.74, 6) is -0.791. The Morgan fingerprint density at radius 2 is 1.84 bits per heavy atom. The second-order valence-corrected chi connectivity index (χ2v) is 5.70. The van der Waals surface area contributed by atoms with Crippen molar-refractivity contribution in [3.8, 4) is 0 Å². The maximum absolute atomic E-state index is 13.1. The van der Waals surface area contributed by atoms with Crippen molar-refractivity contribution >= 4 is 11.6 Å². The summed E-state index contributed by atoms with van der Waals surface area (Å²) in [4.78, 5) is 13.5. The van der Waals surface area contributed by atoms with Crippen molar-refractivity contribution in [2.75, 3.05) is 18.9 Å². The maximum Gasteiger partial charge on any atom is 0.416 e. The Kier molecular flexibility index (Phi) is 6.14. The number of nitrogens with zero attached hydrogens (tertiary/aromatic N) is 1. The van der Waals surface area contributed by atoms with Gasteiger partial charge in [0.15, 0.2) is 0 Å². The zero-order valence-corrected chi connectivity index (χ0v) is 13.6. The Hall–Kier alpha value is -2.41. The number of halogens is 4. The average molecular weight is 354 g/mol. The Labute approximate surface area is 143 Å². The van der Waals surface area contributed by atoms with Crippen molar-refractivity contribution in [1.82, 2.24) is 4.90 Å². The van der Waals surface area contributed by atoms with Gasteiger partial charge in [-0.1, -0.05) is 24.3 Å². The first-order valence-electron chi connectivity index (χ1n) is 7.65. The molecule has 0 aliphatic heterocycles. The molecule has 2 rings (SSSR count). The van der Waals surface area contributed by atoms with Crippen LogP contribution in [0.5, 0.6) is 0 Å². The predicted molar refractivity (Wildman–Crippen MR) is 87.4 cm³/mol. The van der Waals surface area contributed by atoms with Crippen LogP contribution in [-0.4, -0.2) is 24.4 Å². The van der Waals surface area contributed by atoms with Crippen molar-refractivity contribution in [2.24, 2.45) is 0 Å². The molecular weight excluding hydrogens is 336 g/mol. The summed E-state index contributed by atoms with van der Waals surface area (Å²) in [5, 5.41) is 2.55. The fourth-order valence-electron chi connectivity index (χ4n) is 2.39. The molecule has 0 aliphatic rings. The average Bonchev–Trinajstić information content (AvgIpc) is 2.52. The SMILES string of the molecule is CN(CCC(=O)Nc1cccc(F)c1)Cc1ccccc1C(F)(F)F. The number of carbonyl (C=O) groups excluding carboxylic acids is 1. The zero-order chi connectivity index (χ0) is 18.4. The lowest BCUT2D eigenvalue weighted by Crippen LogP contribution is -2.25. The van der Waals surface area contributed by atoms with Crippen LogP contribution < -0.4 is 5.32 Å². The van der Waals surface area contributed by atoms with Crippen LogP contribution in [0.3, 0.4) is 0 Å². The smallest absolute Gasteiger partial charge is 0.326 e. The molecule has 0 atom stereocenters. The Bertz CT molecular complexity index is 731. The number of amides is 1. The van der Waals surface area contributed by atoms with Gasteiger partial charge in [-0.05, 0) is 36.9 Å². The second kappa shape index (κ2) is 8.11.